The second-order valence-corrected chi connectivity index (χ2v) is 7.51. The number of rotatable bonds is 6. The lowest BCUT2D eigenvalue weighted by atomic mass is 10.1. The van der Waals surface area contributed by atoms with Crippen LogP contribution in [0.4, 0.5) is 10.9 Å². The van der Waals surface area contributed by atoms with Crippen LogP contribution < -0.4 is 15.4 Å². The van der Waals surface area contributed by atoms with Gasteiger partial charge in [0.1, 0.15) is 11.6 Å². The van der Waals surface area contributed by atoms with Crippen molar-refractivity contribution in [3.05, 3.63) is 53.0 Å². The van der Waals surface area contributed by atoms with Crippen LogP contribution in [0, 0.1) is 6.92 Å². The van der Waals surface area contributed by atoms with Crippen LogP contribution in [0.25, 0.3) is 11.3 Å². The average Bonchev–Trinajstić information content (AvgIpc) is 3.01. The third-order valence-electron chi connectivity index (χ3n) is 3.86. The van der Waals surface area contributed by atoms with E-state index in [1.165, 1.54) is 11.3 Å². The van der Waals surface area contributed by atoms with Crippen molar-refractivity contribution >= 4 is 28.2 Å². The number of benzene rings is 1. The van der Waals surface area contributed by atoms with Crippen LogP contribution in [0.3, 0.4) is 0 Å². The summed E-state index contributed by atoms with van der Waals surface area (Å²) in [6, 6.07) is 11.4. The third-order valence-corrected chi connectivity index (χ3v) is 4.74. The van der Waals surface area contributed by atoms with Gasteiger partial charge in [-0.15, -0.1) is 11.3 Å². The molecular weight excluding hydrogens is 360 g/mol. The molecule has 1 amide bonds. The number of methoxy groups -OCH3 is 1. The van der Waals surface area contributed by atoms with Crippen LogP contribution in [0.1, 0.15) is 29.1 Å². The number of carbonyl (C=O) groups is 1. The maximum atomic E-state index is 12.7. The van der Waals surface area contributed by atoms with Gasteiger partial charge in [0.2, 0.25) is 0 Å². The molecule has 0 spiro atoms. The van der Waals surface area contributed by atoms with Gasteiger partial charge in [0.15, 0.2) is 5.13 Å². The minimum absolute atomic E-state index is 0.176. The van der Waals surface area contributed by atoms with Crippen LogP contribution in [0.2, 0.25) is 0 Å². The van der Waals surface area contributed by atoms with Gasteiger partial charge in [-0.2, -0.15) is 0 Å². The number of amides is 1. The average molecular weight is 382 g/mol. The van der Waals surface area contributed by atoms with Crippen LogP contribution >= 0.6 is 11.3 Å². The number of carbonyl (C=O) groups excluding carboxylic acids is 1. The Bertz CT molecular complexity index is 935. The summed E-state index contributed by atoms with van der Waals surface area (Å²) in [6.07, 6.45) is 1.66. The van der Waals surface area contributed by atoms with Crippen molar-refractivity contribution in [1.82, 2.24) is 9.97 Å². The number of anilines is 2. The van der Waals surface area contributed by atoms with E-state index in [-0.39, 0.29) is 11.9 Å². The van der Waals surface area contributed by atoms with Gasteiger partial charge in [-0.25, -0.2) is 9.97 Å². The molecule has 0 fully saturated rings. The maximum absolute atomic E-state index is 12.7. The van der Waals surface area contributed by atoms with Crippen molar-refractivity contribution < 1.29 is 9.53 Å². The molecule has 0 aliphatic carbocycles. The molecule has 2 N–H and O–H groups in total. The summed E-state index contributed by atoms with van der Waals surface area (Å²) >= 11 is 1.45. The number of hydrogen-bond donors (Lipinski definition) is 2. The minimum atomic E-state index is -0.235. The van der Waals surface area contributed by atoms with E-state index in [9.17, 15) is 4.79 Å². The van der Waals surface area contributed by atoms with Crippen molar-refractivity contribution in [2.75, 3.05) is 17.7 Å². The largest absolute Gasteiger partial charge is 0.497 e. The van der Waals surface area contributed by atoms with E-state index in [1.54, 1.807) is 25.4 Å². The van der Waals surface area contributed by atoms with Gasteiger partial charge in [0.25, 0.3) is 5.91 Å². The van der Waals surface area contributed by atoms with Crippen molar-refractivity contribution in [2.45, 2.75) is 26.8 Å². The first kappa shape index (κ1) is 18.8. The van der Waals surface area contributed by atoms with E-state index in [0.29, 0.717) is 16.5 Å². The predicted molar refractivity (Wildman–Crippen MR) is 110 cm³/mol. The van der Waals surface area contributed by atoms with Crippen LogP contribution in [-0.4, -0.2) is 29.0 Å². The normalized spacial score (nSPS) is 10.7. The second-order valence-electron chi connectivity index (χ2n) is 6.31. The molecule has 0 aliphatic heterocycles. The zero-order valence-electron chi connectivity index (χ0n) is 15.7. The molecule has 140 valence electrons. The summed E-state index contributed by atoms with van der Waals surface area (Å²) < 4.78 is 5.19. The first-order valence-electron chi connectivity index (χ1n) is 8.62. The van der Waals surface area contributed by atoms with Gasteiger partial charge < -0.3 is 10.1 Å². The van der Waals surface area contributed by atoms with E-state index in [0.717, 1.165) is 21.9 Å². The first-order chi connectivity index (χ1) is 13.0. The summed E-state index contributed by atoms with van der Waals surface area (Å²) in [6.45, 7) is 5.99. The third kappa shape index (κ3) is 4.43. The number of aromatic nitrogens is 2. The Morgan fingerprint density at radius 1 is 1.19 bits per heavy atom. The number of thiazole rings is 1. The van der Waals surface area contributed by atoms with Gasteiger partial charge in [0.05, 0.1) is 18.4 Å². The van der Waals surface area contributed by atoms with Gasteiger partial charge in [-0.1, -0.05) is 0 Å². The lowest BCUT2D eigenvalue weighted by Gasteiger charge is -2.12. The van der Waals surface area contributed by atoms with E-state index < -0.39 is 0 Å². The van der Waals surface area contributed by atoms with Gasteiger partial charge in [-0.05, 0) is 57.2 Å². The van der Waals surface area contributed by atoms with E-state index in [2.05, 4.69) is 20.6 Å². The lowest BCUT2D eigenvalue weighted by molar-refractivity contribution is 0.102. The monoisotopic (exact) mass is 382 g/mol. The molecule has 7 heteroatoms. The number of ether oxygens (including phenoxy) is 1. The Hall–Kier alpha value is -2.93. The highest BCUT2D eigenvalue weighted by Gasteiger charge is 2.16. The van der Waals surface area contributed by atoms with Crippen LogP contribution in [0.15, 0.2) is 42.6 Å². The predicted octanol–water partition coefficient (Wildman–Crippen LogP) is 4.59. The summed E-state index contributed by atoms with van der Waals surface area (Å²) in [5.41, 5.74) is 2.32. The molecule has 0 unspecified atom stereocenters. The standard InChI is InChI=1S/C20H22N4O2S/c1-12(2)22-18-16(6-5-11-21-18)19(25)24-20-23-17(13(3)27-20)14-7-9-15(26-4)10-8-14/h5-12H,1-4H3,(H,21,22)(H,23,24,25). The molecule has 0 saturated carbocycles. The number of aryl methyl sites for hydroxylation is 1. The molecule has 2 heterocycles. The summed E-state index contributed by atoms with van der Waals surface area (Å²) in [4.78, 5) is 22.6. The zero-order chi connectivity index (χ0) is 19.4. The Balaban J connectivity index is 1.81. The van der Waals surface area contributed by atoms with Gasteiger partial charge >= 0.3 is 0 Å². The van der Waals surface area contributed by atoms with Gasteiger partial charge in [0, 0.05) is 22.7 Å². The molecule has 2 aromatic heterocycles. The summed E-state index contributed by atoms with van der Waals surface area (Å²) in [5.74, 6) is 1.12. The highest BCUT2D eigenvalue weighted by molar-refractivity contribution is 7.16. The lowest BCUT2D eigenvalue weighted by Crippen LogP contribution is -2.18. The first-order valence-corrected chi connectivity index (χ1v) is 9.44. The number of nitrogens with zero attached hydrogens (tertiary/aromatic N) is 2. The Labute approximate surface area is 162 Å². The molecule has 0 bridgehead atoms. The molecule has 27 heavy (non-hydrogen) atoms. The SMILES string of the molecule is COc1ccc(-c2nc(NC(=O)c3cccnc3NC(C)C)sc2C)cc1. The van der Waals surface area contributed by atoms with Crippen molar-refractivity contribution in [3.63, 3.8) is 0 Å². The molecule has 0 aliphatic rings. The van der Waals surface area contributed by atoms with E-state index >= 15 is 0 Å². The highest BCUT2D eigenvalue weighted by Crippen LogP contribution is 2.31. The molecule has 0 atom stereocenters. The van der Waals surface area contributed by atoms with Crippen LogP contribution in [0.5, 0.6) is 5.75 Å². The molecule has 6 nitrogen and oxygen atoms in total. The number of pyridine rings is 1. The maximum Gasteiger partial charge on any atom is 0.261 e. The Morgan fingerprint density at radius 2 is 1.93 bits per heavy atom. The van der Waals surface area contributed by atoms with Crippen molar-refractivity contribution in [2.24, 2.45) is 0 Å². The topological polar surface area (TPSA) is 76.1 Å². The quantitative estimate of drug-likeness (QED) is 0.652. The smallest absolute Gasteiger partial charge is 0.261 e. The molecule has 3 rings (SSSR count). The van der Waals surface area contributed by atoms with E-state index in [1.807, 2.05) is 45.0 Å². The zero-order valence-corrected chi connectivity index (χ0v) is 16.6. The fourth-order valence-electron chi connectivity index (χ4n) is 2.61. The molecule has 0 saturated heterocycles. The second kappa shape index (κ2) is 8.18. The fourth-order valence-corrected chi connectivity index (χ4v) is 3.44. The minimum Gasteiger partial charge on any atom is -0.497 e. The van der Waals surface area contributed by atoms with E-state index in [4.69, 9.17) is 4.74 Å². The Kier molecular flexibility index (Phi) is 5.71. The summed E-state index contributed by atoms with van der Waals surface area (Å²) in [7, 11) is 1.64. The molecule has 0 radical (unpaired) electrons. The summed E-state index contributed by atoms with van der Waals surface area (Å²) in [5, 5.41) is 6.64. The fraction of sp³-hybridized carbons (Fsp3) is 0.250. The number of nitrogens with one attached hydrogen (secondary N) is 2. The van der Waals surface area contributed by atoms with Gasteiger partial charge in [-0.3, -0.25) is 10.1 Å². The van der Waals surface area contributed by atoms with Crippen molar-refractivity contribution in [3.8, 4) is 17.0 Å². The highest BCUT2D eigenvalue weighted by atomic mass is 32.1. The molecule has 3 aromatic rings. The molecular formula is C20H22N4O2S. The molecule has 1 aromatic carbocycles. The Morgan fingerprint density at radius 3 is 2.59 bits per heavy atom. The number of hydrogen-bond acceptors (Lipinski definition) is 6. The van der Waals surface area contributed by atoms with Crippen molar-refractivity contribution in [1.29, 1.82) is 0 Å². The van der Waals surface area contributed by atoms with Crippen LogP contribution in [-0.2, 0) is 0 Å².